The van der Waals surface area contributed by atoms with Crippen LogP contribution in [-0.2, 0) is 14.3 Å². The Morgan fingerprint density at radius 3 is 2.64 bits per heavy atom. The van der Waals surface area contributed by atoms with Crippen molar-refractivity contribution in [2.75, 3.05) is 26.2 Å². The Hall–Kier alpha value is -1.56. The first-order chi connectivity index (χ1) is 13.5. The lowest BCUT2D eigenvalue weighted by molar-refractivity contribution is -0.139. The molecule has 4 rings (SSSR count). The van der Waals surface area contributed by atoms with Crippen LogP contribution in [0.15, 0.2) is 23.9 Å². The summed E-state index contributed by atoms with van der Waals surface area (Å²) in [5.74, 6) is -0.0631. The SMILES string of the molecule is CC1CCCN(C2=C(c3ccc(Cl)cc3Cl)C(=O)N(CC3CCCO3)C2=O)C1. The zero-order valence-electron chi connectivity index (χ0n) is 15.9. The van der Waals surface area contributed by atoms with Crippen LogP contribution in [0.1, 0.15) is 38.2 Å². The largest absolute Gasteiger partial charge is 0.376 e. The molecule has 3 aliphatic rings. The average molecular weight is 423 g/mol. The molecular formula is C21H24Cl2N2O3. The number of hydrogen-bond acceptors (Lipinski definition) is 4. The third-order valence-electron chi connectivity index (χ3n) is 5.73. The number of rotatable bonds is 4. The van der Waals surface area contributed by atoms with Crippen LogP contribution in [0.4, 0.5) is 0 Å². The fraction of sp³-hybridized carbons (Fsp3) is 0.524. The van der Waals surface area contributed by atoms with Gasteiger partial charge in [-0.25, -0.2) is 0 Å². The maximum absolute atomic E-state index is 13.4. The predicted molar refractivity (Wildman–Crippen MR) is 109 cm³/mol. The zero-order chi connectivity index (χ0) is 19.8. The number of carbonyl (C=O) groups excluding carboxylic acids is 2. The first kappa shape index (κ1) is 19.7. The highest BCUT2D eigenvalue weighted by Crippen LogP contribution is 2.38. The molecule has 3 heterocycles. The summed E-state index contributed by atoms with van der Waals surface area (Å²) in [7, 11) is 0. The molecule has 1 aromatic rings. The lowest BCUT2D eigenvalue weighted by atomic mass is 9.97. The molecule has 1 aromatic carbocycles. The van der Waals surface area contributed by atoms with E-state index in [1.807, 2.05) is 0 Å². The second kappa shape index (κ2) is 8.05. The van der Waals surface area contributed by atoms with Gasteiger partial charge in [0.2, 0.25) is 0 Å². The van der Waals surface area contributed by atoms with E-state index in [1.54, 1.807) is 18.2 Å². The van der Waals surface area contributed by atoms with Crippen molar-refractivity contribution in [3.8, 4) is 0 Å². The normalized spacial score (nSPS) is 26.0. The topological polar surface area (TPSA) is 49.9 Å². The van der Waals surface area contributed by atoms with Crippen LogP contribution in [0.2, 0.25) is 10.0 Å². The number of piperidine rings is 1. The van der Waals surface area contributed by atoms with Crippen LogP contribution in [0.25, 0.3) is 5.57 Å². The maximum Gasteiger partial charge on any atom is 0.277 e. The van der Waals surface area contributed by atoms with Crippen molar-refractivity contribution < 1.29 is 14.3 Å². The van der Waals surface area contributed by atoms with Crippen LogP contribution in [0.3, 0.4) is 0 Å². The van der Waals surface area contributed by atoms with Crippen molar-refractivity contribution in [2.45, 2.75) is 38.7 Å². The van der Waals surface area contributed by atoms with Crippen molar-refractivity contribution in [1.82, 2.24) is 9.80 Å². The Labute approximate surface area is 175 Å². The molecule has 2 fully saturated rings. The minimum atomic E-state index is -0.294. The molecule has 0 bridgehead atoms. The molecule has 0 aromatic heterocycles. The molecule has 0 aliphatic carbocycles. The van der Waals surface area contributed by atoms with Crippen LogP contribution in [-0.4, -0.2) is 54.0 Å². The van der Waals surface area contributed by atoms with Gasteiger partial charge in [0.1, 0.15) is 5.70 Å². The third kappa shape index (κ3) is 3.68. The van der Waals surface area contributed by atoms with Crippen molar-refractivity contribution in [2.24, 2.45) is 5.92 Å². The van der Waals surface area contributed by atoms with Crippen molar-refractivity contribution in [3.63, 3.8) is 0 Å². The van der Waals surface area contributed by atoms with E-state index >= 15 is 0 Å². The van der Waals surface area contributed by atoms with E-state index in [1.165, 1.54) is 4.90 Å². The molecule has 2 saturated heterocycles. The van der Waals surface area contributed by atoms with E-state index in [0.29, 0.717) is 45.9 Å². The molecule has 0 N–H and O–H groups in total. The highest BCUT2D eigenvalue weighted by molar-refractivity contribution is 6.41. The summed E-state index contributed by atoms with van der Waals surface area (Å²) >= 11 is 12.5. The fourth-order valence-corrected chi connectivity index (χ4v) is 4.84. The molecule has 2 atom stereocenters. The number of imide groups is 1. The average Bonchev–Trinajstić information content (AvgIpc) is 3.24. The summed E-state index contributed by atoms with van der Waals surface area (Å²) in [6.45, 7) is 4.67. The summed E-state index contributed by atoms with van der Waals surface area (Å²) < 4.78 is 5.67. The van der Waals surface area contributed by atoms with Crippen LogP contribution >= 0.6 is 23.2 Å². The molecule has 0 radical (unpaired) electrons. The van der Waals surface area contributed by atoms with Gasteiger partial charge in [-0.2, -0.15) is 0 Å². The maximum atomic E-state index is 13.4. The molecule has 7 heteroatoms. The lowest BCUT2D eigenvalue weighted by Gasteiger charge is -2.33. The molecule has 3 aliphatic heterocycles. The Morgan fingerprint density at radius 2 is 1.96 bits per heavy atom. The highest BCUT2D eigenvalue weighted by Gasteiger charge is 2.43. The fourth-order valence-electron chi connectivity index (χ4n) is 4.34. The summed E-state index contributed by atoms with van der Waals surface area (Å²) in [5.41, 5.74) is 1.42. The van der Waals surface area contributed by atoms with Gasteiger partial charge in [0.25, 0.3) is 11.8 Å². The Balaban J connectivity index is 1.75. The van der Waals surface area contributed by atoms with Gasteiger partial charge in [-0.1, -0.05) is 36.2 Å². The van der Waals surface area contributed by atoms with Crippen LogP contribution in [0.5, 0.6) is 0 Å². The molecule has 2 unspecified atom stereocenters. The van der Waals surface area contributed by atoms with Crippen molar-refractivity contribution in [3.05, 3.63) is 39.5 Å². The van der Waals surface area contributed by atoms with Crippen LogP contribution < -0.4 is 0 Å². The third-order valence-corrected chi connectivity index (χ3v) is 6.28. The van der Waals surface area contributed by atoms with E-state index in [2.05, 4.69) is 11.8 Å². The van der Waals surface area contributed by atoms with E-state index < -0.39 is 0 Å². The van der Waals surface area contributed by atoms with Crippen LogP contribution in [0, 0.1) is 5.92 Å². The second-order valence-corrected chi connectivity index (χ2v) is 8.74. The minimum absolute atomic E-state index is 0.0885. The quantitative estimate of drug-likeness (QED) is 0.688. The second-order valence-electron chi connectivity index (χ2n) is 7.90. The summed E-state index contributed by atoms with van der Waals surface area (Å²) in [4.78, 5) is 30.1. The number of benzene rings is 1. The predicted octanol–water partition coefficient (Wildman–Crippen LogP) is 3.98. The van der Waals surface area contributed by atoms with Gasteiger partial charge >= 0.3 is 0 Å². The first-order valence-corrected chi connectivity index (χ1v) is 10.6. The van der Waals surface area contributed by atoms with Crippen molar-refractivity contribution >= 4 is 40.6 Å². The van der Waals surface area contributed by atoms with Gasteiger partial charge in [-0.05, 0) is 43.7 Å². The Bertz CT molecular complexity index is 833. The number of hydrogen-bond donors (Lipinski definition) is 0. The van der Waals surface area contributed by atoms with Gasteiger partial charge in [0.05, 0.1) is 23.2 Å². The number of nitrogens with zero attached hydrogens (tertiary/aromatic N) is 2. The molecule has 0 spiro atoms. The van der Waals surface area contributed by atoms with E-state index in [9.17, 15) is 9.59 Å². The van der Waals surface area contributed by atoms with Crippen molar-refractivity contribution in [1.29, 1.82) is 0 Å². The van der Waals surface area contributed by atoms with E-state index in [4.69, 9.17) is 27.9 Å². The van der Waals surface area contributed by atoms with Gasteiger partial charge in [-0.3, -0.25) is 14.5 Å². The van der Waals surface area contributed by atoms with Gasteiger partial charge < -0.3 is 9.64 Å². The van der Waals surface area contributed by atoms with E-state index in [-0.39, 0.29) is 17.9 Å². The standard InChI is InChI=1S/C21H24Cl2N2O3/c1-13-4-2-8-24(11-13)19-18(16-7-6-14(22)10-17(16)23)20(26)25(21(19)27)12-15-5-3-9-28-15/h6-7,10,13,15H,2-5,8-9,11-12H2,1H3. The smallest absolute Gasteiger partial charge is 0.277 e. The zero-order valence-corrected chi connectivity index (χ0v) is 17.4. The number of ether oxygens (including phenoxy) is 1. The Kier molecular flexibility index (Phi) is 5.68. The molecule has 2 amide bonds. The summed E-state index contributed by atoms with van der Waals surface area (Å²) in [5, 5.41) is 0.876. The van der Waals surface area contributed by atoms with E-state index in [0.717, 1.165) is 38.8 Å². The molecule has 5 nitrogen and oxygen atoms in total. The van der Waals surface area contributed by atoms with Gasteiger partial charge in [0.15, 0.2) is 0 Å². The summed E-state index contributed by atoms with van der Waals surface area (Å²) in [6.07, 6.45) is 3.86. The Morgan fingerprint density at radius 1 is 1.14 bits per heavy atom. The minimum Gasteiger partial charge on any atom is -0.376 e. The molecule has 150 valence electrons. The first-order valence-electron chi connectivity index (χ1n) is 9.88. The number of amides is 2. The highest BCUT2D eigenvalue weighted by atomic mass is 35.5. The monoisotopic (exact) mass is 422 g/mol. The number of carbonyl (C=O) groups is 2. The molecular weight excluding hydrogens is 399 g/mol. The number of halogens is 2. The van der Waals surface area contributed by atoms with Gasteiger partial charge in [0, 0.05) is 30.3 Å². The summed E-state index contributed by atoms with van der Waals surface area (Å²) in [6, 6.07) is 5.04. The lowest BCUT2D eigenvalue weighted by Crippen LogP contribution is -2.41. The van der Waals surface area contributed by atoms with Gasteiger partial charge in [-0.15, -0.1) is 0 Å². The number of likely N-dealkylation sites (tertiary alicyclic amines) is 1. The molecule has 28 heavy (non-hydrogen) atoms. The molecule has 0 saturated carbocycles.